The Bertz CT molecular complexity index is 661. The number of anilines is 1. The van der Waals surface area contributed by atoms with E-state index in [2.05, 4.69) is 5.32 Å². The maximum absolute atomic E-state index is 13.1. The molecule has 20 heavy (non-hydrogen) atoms. The van der Waals surface area contributed by atoms with E-state index in [-0.39, 0.29) is 23.7 Å². The Labute approximate surface area is 113 Å². The fourth-order valence-electron chi connectivity index (χ4n) is 1.68. The van der Waals surface area contributed by atoms with Crippen LogP contribution in [0.15, 0.2) is 36.4 Å². The van der Waals surface area contributed by atoms with Crippen molar-refractivity contribution in [2.45, 2.75) is 6.54 Å². The van der Waals surface area contributed by atoms with Crippen LogP contribution in [0.3, 0.4) is 0 Å². The van der Waals surface area contributed by atoms with Crippen LogP contribution in [0, 0.1) is 15.9 Å². The molecule has 0 saturated carbocycles. The van der Waals surface area contributed by atoms with Crippen LogP contribution < -0.4 is 5.32 Å². The highest BCUT2D eigenvalue weighted by atomic mass is 19.1. The lowest BCUT2D eigenvalue weighted by atomic mass is 10.2. The molecule has 0 saturated heterocycles. The SMILES string of the molecule is O=[N+]([O-])c1cc(O)ccc1NCc1ccc(O)c(F)c1. The van der Waals surface area contributed by atoms with Crippen LogP contribution >= 0.6 is 0 Å². The van der Waals surface area contributed by atoms with Crippen LogP contribution in [-0.4, -0.2) is 15.1 Å². The number of nitro groups is 1. The van der Waals surface area contributed by atoms with Crippen molar-refractivity contribution >= 4 is 11.4 Å². The van der Waals surface area contributed by atoms with Gasteiger partial charge in [0.15, 0.2) is 11.6 Å². The zero-order chi connectivity index (χ0) is 14.7. The largest absolute Gasteiger partial charge is 0.508 e. The normalized spacial score (nSPS) is 10.2. The first kappa shape index (κ1) is 13.6. The zero-order valence-corrected chi connectivity index (χ0v) is 10.2. The summed E-state index contributed by atoms with van der Waals surface area (Å²) in [5, 5.41) is 31.9. The van der Waals surface area contributed by atoms with Crippen LogP contribution in [0.2, 0.25) is 0 Å². The van der Waals surface area contributed by atoms with Crippen molar-refractivity contribution in [2.24, 2.45) is 0 Å². The lowest BCUT2D eigenvalue weighted by molar-refractivity contribution is -0.384. The molecule has 2 aromatic rings. The molecule has 3 N–H and O–H groups in total. The average Bonchev–Trinajstić information content (AvgIpc) is 2.41. The number of rotatable bonds is 4. The molecule has 2 aromatic carbocycles. The molecule has 0 aliphatic rings. The Kier molecular flexibility index (Phi) is 3.69. The molecule has 0 radical (unpaired) electrons. The van der Waals surface area contributed by atoms with E-state index in [4.69, 9.17) is 5.11 Å². The van der Waals surface area contributed by atoms with Crippen molar-refractivity contribution < 1.29 is 19.5 Å². The molecular formula is C13H11FN2O4. The smallest absolute Gasteiger partial charge is 0.296 e. The summed E-state index contributed by atoms with van der Waals surface area (Å²) in [6.07, 6.45) is 0. The van der Waals surface area contributed by atoms with Crippen molar-refractivity contribution in [2.75, 3.05) is 5.32 Å². The van der Waals surface area contributed by atoms with Gasteiger partial charge in [0, 0.05) is 6.54 Å². The summed E-state index contributed by atoms with van der Waals surface area (Å²) in [4.78, 5) is 10.2. The van der Waals surface area contributed by atoms with Crippen molar-refractivity contribution in [1.29, 1.82) is 0 Å². The third kappa shape index (κ3) is 2.94. The summed E-state index contributed by atoms with van der Waals surface area (Å²) in [5.41, 5.74) is 0.452. The molecule has 104 valence electrons. The molecule has 0 amide bonds. The minimum Gasteiger partial charge on any atom is -0.508 e. The van der Waals surface area contributed by atoms with Gasteiger partial charge in [0.25, 0.3) is 5.69 Å². The van der Waals surface area contributed by atoms with Crippen LogP contribution in [0.5, 0.6) is 11.5 Å². The van der Waals surface area contributed by atoms with E-state index in [1.807, 2.05) is 0 Å². The summed E-state index contributed by atoms with van der Waals surface area (Å²) < 4.78 is 13.1. The molecule has 0 fully saturated rings. The molecular weight excluding hydrogens is 267 g/mol. The Morgan fingerprint density at radius 2 is 1.95 bits per heavy atom. The Balaban J connectivity index is 2.18. The highest BCUT2D eigenvalue weighted by Gasteiger charge is 2.14. The molecule has 0 spiro atoms. The monoisotopic (exact) mass is 278 g/mol. The third-order valence-electron chi connectivity index (χ3n) is 2.67. The molecule has 6 nitrogen and oxygen atoms in total. The lowest BCUT2D eigenvalue weighted by Gasteiger charge is -2.08. The van der Waals surface area contributed by atoms with E-state index in [0.717, 1.165) is 12.1 Å². The second kappa shape index (κ2) is 5.43. The summed E-state index contributed by atoms with van der Waals surface area (Å²) in [5.74, 6) is -1.42. The zero-order valence-electron chi connectivity index (χ0n) is 10.2. The van der Waals surface area contributed by atoms with Gasteiger partial charge in [0.05, 0.1) is 11.0 Å². The standard InChI is InChI=1S/C13H11FN2O4/c14-10-5-8(1-4-13(10)18)7-15-11-3-2-9(17)6-12(11)16(19)20/h1-6,15,17-18H,7H2. The van der Waals surface area contributed by atoms with Gasteiger partial charge in [-0.15, -0.1) is 0 Å². The van der Waals surface area contributed by atoms with E-state index in [1.165, 1.54) is 24.3 Å². The molecule has 0 heterocycles. The van der Waals surface area contributed by atoms with Crippen molar-refractivity contribution in [3.8, 4) is 11.5 Å². The van der Waals surface area contributed by atoms with Crippen molar-refractivity contribution in [1.82, 2.24) is 0 Å². The summed E-state index contributed by atoms with van der Waals surface area (Å²) >= 11 is 0. The molecule has 0 aromatic heterocycles. The number of hydrogen-bond donors (Lipinski definition) is 3. The number of phenols is 2. The topological polar surface area (TPSA) is 95.6 Å². The Morgan fingerprint density at radius 1 is 1.20 bits per heavy atom. The maximum Gasteiger partial charge on any atom is 0.296 e. The van der Waals surface area contributed by atoms with Gasteiger partial charge >= 0.3 is 0 Å². The van der Waals surface area contributed by atoms with Crippen LogP contribution in [0.4, 0.5) is 15.8 Å². The van der Waals surface area contributed by atoms with Gasteiger partial charge in [-0.1, -0.05) is 6.07 Å². The predicted molar refractivity (Wildman–Crippen MR) is 70.2 cm³/mol. The second-order valence-corrected chi connectivity index (χ2v) is 4.10. The molecule has 2 rings (SSSR count). The van der Waals surface area contributed by atoms with Gasteiger partial charge in [-0.25, -0.2) is 4.39 Å². The second-order valence-electron chi connectivity index (χ2n) is 4.10. The van der Waals surface area contributed by atoms with E-state index < -0.39 is 16.5 Å². The van der Waals surface area contributed by atoms with E-state index in [9.17, 15) is 19.6 Å². The minimum absolute atomic E-state index is 0.142. The highest BCUT2D eigenvalue weighted by molar-refractivity contribution is 5.63. The van der Waals surface area contributed by atoms with Gasteiger partial charge in [-0.2, -0.15) is 0 Å². The molecule has 0 bridgehead atoms. The number of benzene rings is 2. The van der Waals surface area contributed by atoms with Crippen molar-refractivity contribution in [3.05, 3.63) is 57.9 Å². The number of halogens is 1. The predicted octanol–water partition coefficient (Wildman–Crippen LogP) is 2.76. The Hall–Kier alpha value is -2.83. The van der Waals surface area contributed by atoms with Crippen LogP contribution in [0.1, 0.15) is 5.56 Å². The molecule has 7 heteroatoms. The number of aromatic hydroxyl groups is 2. The molecule has 0 aliphatic carbocycles. The van der Waals surface area contributed by atoms with E-state index >= 15 is 0 Å². The van der Waals surface area contributed by atoms with E-state index in [0.29, 0.717) is 5.56 Å². The molecule has 0 unspecified atom stereocenters. The number of nitrogens with one attached hydrogen (secondary N) is 1. The maximum atomic E-state index is 13.1. The molecule has 0 atom stereocenters. The average molecular weight is 278 g/mol. The highest BCUT2D eigenvalue weighted by Crippen LogP contribution is 2.29. The van der Waals surface area contributed by atoms with Crippen molar-refractivity contribution in [3.63, 3.8) is 0 Å². The van der Waals surface area contributed by atoms with Gasteiger partial charge in [-0.3, -0.25) is 10.1 Å². The first-order chi connectivity index (χ1) is 9.47. The molecule has 0 aliphatic heterocycles. The lowest BCUT2D eigenvalue weighted by Crippen LogP contribution is -2.02. The fourth-order valence-corrected chi connectivity index (χ4v) is 1.68. The first-order valence-electron chi connectivity index (χ1n) is 5.66. The van der Waals surface area contributed by atoms with Crippen LogP contribution in [-0.2, 0) is 6.54 Å². The Morgan fingerprint density at radius 3 is 2.60 bits per heavy atom. The summed E-state index contributed by atoms with van der Waals surface area (Å²) in [6, 6.07) is 7.54. The van der Waals surface area contributed by atoms with Gasteiger partial charge in [0.1, 0.15) is 11.4 Å². The third-order valence-corrected chi connectivity index (χ3v) is 2.67. The quantitative estimate of drug-likeness (QED) is 0.454. The fraction of sp³-hybridized carbons (Fsp3) is 0.0769. The number of hydrogen-bond acceptors (Lipinski definition) is 5. The number of nitro benzene ring substituents is 1. The van der Waals surface area contributed by atoms with Gasteiger partial charge < -0.3 is 15.5 Å². The van der Waals surface area contributed by atoms with Crippen LogP contribution in [0.25, 0.3) is 0 Å². The minimum atomic E-state index is -0.760. The van der Waals surface area contributed by atoms with Gasteiger partial charge in [-0.05, 0) is 29.8 Å². The number of phenolic OH excluding ortho intramolecular Hbond substituents is 2. The first-order valence-corrected chi connectivity index (χ1v) is 5.66. The summed E-state index contributed by atoms with van der Waals surface area (Å²) in [6.45, 7) is 0.142. The summed E-state index contributed by atoms with van der Waals surface area (Å²) in [7, 11) is 0. The van der Waals surface area contributed by atoms with Gasteiger partial charge in [0.2, 0.25) is 0 Å². The number of nitrogens with zero attached hydrogens (tertiary/aromatic N) is 1. The van der Waals surface area contributed by atoms with E-state index in [1.54, 1.807) is 0 Å².